The van der Waals surface area contributed by atoms with E-state index in [0.29, 0.717) is 23.4 Å². The van der Waals surface area contributed by atoms with Gasteiger partial charge in [-0.15, -0.1) is 0 Å². The van der Waals surface area contributed by atoms with Crippen molar-refractivity contribution in [1.29, 1.82) is 0 Å². The lowest BCUT2D eigenvalue weighted by atomic mass is 9.47. The number of carbonyl (C=O) groups excluding carboxylic acids is 2. The fourth-order valence-corrected chi connectivity index (χ4v) is 7.51. The van der Waals surface area contributed by atoms with Crippen molar-refractivity contribution >= 4 is 28.0 Å². The van der Waals surface area contributed by atoms with E-state index < -0.39 is 44.3 Å². The molecule has 1 aromatic heterocycles. The van der Waals surface area contributed by atoms with Gasteiger partial charge in [-0.1, -0.05) is 0 Å². The quantitative estimate of drug-likeness (QED) is 0.509. The van der Waals surface area contributed by atoms with Gasteiger partial charge in [-0.2, -0.15) is 18.3 Å². The van der Waals surface area contributed by atoms with Crippen LogP contribution in [0.1, 0.15) is 62.0 Å². The zero-order valence-electron chi connectivity index (χ0n) is 19.7. The molecule has 2 amide bonds. The minimum atomic E-state index is -4.89. The minimum Gasteiger partial charge on any atom is -0.369 e. The van der Waals surface area contributed by atoms with Crippen LogP contribution in [0.5, 0.6) is 0 Å². The molecular weight excluding hydrogens is 487 g/mol. The summed E-state index contributed by atoms with van der Waals surface area (Å²) in [5, 5.41) is 6.54. The van der Waals surface area contributed by atoms with E-state index in [1.165, 1.54) is 19.9 Å². The molecule has 0 aromatic carbocycles. The number of sulfonamides is 1. The molecule has 2 atom stereocenters. The van der Waals surface area contributed by atoms with E-state index in [4.69, 9.17) is 5.73 Å². The minimum absolute atomic E-state index is 0.00940. The van der Waals surface area contributed by atoms with E-state index in [1.54, 1.807) is 0 Å². The van der Waals surface area contributed by atoms with Crippen molar-refractivity contribution in [3.05, 3.63) is 23.5 Å². The molecule has 194 valence electrons. The highest BCUT2D eigenvalue weighted by Crippen LogP contribution is 2.60. The number of primary amides is 1. The molecule has 1 aromatic rings. The van der Waals surface area contributed by atoms with Crippen LogP contribution in [0.25, 0.3) is 6.20 Å². The number of nitrogens with zero attached hydrogens (tertiary/aromatic N) is 2. The second kappa shape index (κ2) is 8.32. The highest BCUT2D eigenvalue weighted by Gasteiger charge is 2.58. The lowest BCUT2D eigenvalue weighted by Gasteiger charge is -2.58. The molecular formula is C22H30F3N5O4S. The Morgan fingerprint density at radius 1 is 1.20 bits per heavy atom. The standard InChI is InChI=1S/C22H30F3N5O4S/c1-20(2,29-35(3,33)34)4-5-30-17(22(23,24)25)15(11-27-30)18(31)28-16-13-6-12-7-14(16)10-21(8-12,9-13)19(26)32/h4-5,11-14,16,29H,6-10H2,1-3H3,(H2,26,32)(H,28,31)/b5-4+. The molecule has 1 heterocycles. The molecule has 2 unspecified atom stereocenters. The Morgan fingerprint density at radius 3 is 2.31 bits per heavy atom. The first kappa shape index (κ1) is 25.7. The molecule has 13 heteroatoms. The zero-order chi connectivity index (χ0) is 26.0. The summed E-state index contributed by atoms with van der Waals surface area (Å²) in [6, 6.07) is -0.329. The lowest BCUT2D eigenvalue weighted by Crippen LogP contribution is -2.62. The molecule has 4 aliphatic rings. The van der Waals surface area contributed by atoms with E-state index in [9.17, 15) is 31.2 Å². The van der Waals surface area contributed by atoms with Crippen LogP contribution in [0.15, 0.2) is 12.3 Å². The largest absolute Gasteiger partial charge is 0.434 e. The van der Waals surface area contributed by atoms with E-state index >= 15 is 0 Å². The number of carbonyl (C=O) groups is 2. The smallest absolute Gasteiger partial charge is 0.369 e. The van der Waals surface area contributed by atoms with Crippen LogP contribution in [0.4, 0.5) is 13.2 Å². The fourth-order valence-electron chi connectivity index (χ4n) is 6.48. The molecule has 35 heavy (non-hydrogen) atoms. The lowest BCUT2D eigenvalue weighted by molar-refractivity contribution is -0.145. The third-order valence-electron chi connectivity index (χ3n) is 7.48. The van der Waals surface area contributed by atoms with Crippen molar-refractivity contribution in [1.82, 2.24) is 19.8 Å². The first-order valence-corrected chi connectivity index (χ1v) is 13.3. The first-order valence-electron chi connectivity index (χ1n) is 11.4. The molecule has 4 N–H and O–H groups in total. The SMILES string of the molecule is CC(C)(/C=C/n1ncc(C(=O)NC2C3CC4CC2CC(C(N)=O)(C4)C3)c1C(F)(F)F)NS(C)(=O)=O. The third-order valence-corrected chi connectivity index (χ3v) is 8.38. The van der Waals surface area contributed by atoms with E-state index in [1.807, 2.05) is 0 Å². The number of rotatable bonds is 7. The van der Waals surface area contributed by atoms with Crippen molar-refractivity contribution in [2.45, 2.75) is 63.7 Å². The number of halogens is 3. The summed E-state index contributed by atoms with van der Waals surface area (Å²) in [4.78, 5) is 25.2. The van der Waals surface area contributed by atoms with Gasteiger partial charge in [0.15, 0.2) is 5.69 Å². The molecule has 9 nitrogen and oxygen atoms in total. The predicted molar refractivity (Wildman–Crippen MR) is 121 cm³/mol. The third kappa shape index (κ3) is 5.11. The van der Waals surface area contributed by atoms with Gasteiger partial charge in [0.1, 0.15) is 0 Å². The maximum Gasteiger partial charge on any atom is 0.434 e. The van der Waals surface area contributed by atoms with Crippen molar-refractivity contribution in [2.75, 3.05) is 6.26 Å². The van der Waals surface area contributed by atoms with Crippen LogP contribution in [0.3, 0.4) is 0 Å². The Balaban J connectivity index is 1.57. The summed E-state index contributed by atoms with van der Waals surface area (Å²) in [5.74, 6) is -0.885. The average Bonchev–Trinajstić information content (AvgIpc) is 3.11. The highest BCUT2D eigenvalue weighted by molar-refractivity contribution is 7.88. The number of aromatic nitrogens is 2. The van der Waals surface area contributed by atoms with Crippen molar-refractivity contribution in [3.8, 4) is 0 Å². The Hall–Kier alpha value is -2.41. The van der Waals surface area contributed by atoms with Gasteiger partial charge in [0.25, 0.3) is 5.91 Å². The van der Waals surface area contributed by atoms with Gasteiger partial charge in [0.2, 0.25) is 15.9 Å². The maximum atomic E-state index is 14.0. The van der Waals surface area contributed by atoms with Crippen molar-refractivity contribution in [3.63, 3.8) is 0 Å². The molecule has 4 saturated carbocycles. The number of hydrogen-bond acceptors (Lipinski definition) is 5. The van der Waals surface area contributed by atoms with Crippen molar-refractivity contribution < 1.29 is 31.2 Å². The predicted octanol–water partition coefficient (Wildman–Crippen LogP) is 2.11. The summed E-state index contributed by atoms with van der Waals surface area (Å²) < 4.78 is 67.7. The molecule has 0 spiro atoms. The number of alkyl halides is 3. The highest BCUT2D eigenvalue weighted by atomic mass is 32.2. The van der Waals surface area contributed by atoms with Gasteiger partial charge < -0.3 is 11.1 Å². The Labute approximate surface area is 201 Å². The van der Waals surface area contributed by atoms with Crippen LogP contribution < -0.4 is 15.8 Å². The molecule has 0 aliphatic heterocycles. The van der Waals surface area contributed by atoms with Crippen LogP contribution in [-0.4, -0.2) is 47.8 Å². The zero-order valence-corrected chi connectivity index (χ0v) is 20.5. The van der Waals surface area contributed by atoms with Crippen molar-refractivity contribution in [2.24, 2.45) is 28.9 Å². The number of nitrogens with one attached hydrogen (secondary N) is 2. The van der Waals surface area contributed by atoms with Crippen LogP contribution in [0, 0.1) is 23.2 Å². The molecule has 5 rings (SSSR count). The second-order valence-electron chi connectivity index (χ2n) is 10.9. The summed E-state index contributed by atoms with van der Waals surface area (Å²) >= 11 is 0. The summed E-state index contributed by atoms with van der Waals surface area (Å²) in [6.07, 6.45) is 2.57. The first-order chi connectivity index (χ1) is 16.0. The average molecular weight is 518 g/mol. The van der Waals surface area contributed by atoms with Crippen LogP contribution in [0.2, 0.25) is 0 Å². The van der Waals surface area contributed by atoms with Crippen LogP contribution in [-0.2, 0) is 21.0 Å². The van der Waals surface area contributed by atoms with E-state index in [-0.39, 0.29) is 23.8 Å². The Kier molecular flexibility index (Phi) is 6.11. The van der Waals surface area contributed by atoms with Gasteiger partial charge in [-0.3, -0.25) is 9.59 Å². The Bertz CT molecular complexity index is 1160. The summed E-state index contributed by atoms with van der Waals surface area (Å²) in [7, 11) is -3.61. The number of amides is 2. The summed E-state index contributed by atoms with van der Waals surface area (Å²) in [5.41, 5.74) is 2.05. The van der Waals surface area contributed by atoms with E-state index in [2.05, 4.69) is 15.1 Å². The number of hydrogen-bond donors (Lipinski definition) is 3. The Morgan fingerprint density at radius 2 is 1.80 bits per heavy atom. The molecule has 0 saturated heterocycles. The topological polar surface area (TPSA) is 136 Å². The normalized spacial score (nSPS) is 30.7. The molecule has 4 fully saturated rings. The maximum absolute atomic E-state index is 14.0. The molecule has 0 radical (unpaired) electrons. The number of nitrogens with two attached hydrogens (primary N) is 1. The monoisotopic (exact) mass is 517 g/mol. The van der Waals surface area contributed by atoms with Gasteiger partial charge in [0, 0.05) is 23.2 Å². The fraction of sp³-hybridized carbons (Fsp3) is 0.682. The second-order valence-corrected chi connectivity index (χ2v) is 12.6. The van der Waals surface area contributed by atoms with Crippen LogP contribution >= 0.6 is 0 Å². The van der Waals surface area contributed by atoms with Gasteiger partial charge in [0.05, 0.1) is 18.0 Å². The molecule has 4 aliphatic carbocycles. The van der Waals surface area contributed by atoms with Gasteiger partial charge in [-0.25, -0.2) is 17.8 Å². The van der Waals surface area contributed by atoms with E-state index in [0.717, 1.165) is 37.9 Å². The summed E-state index contributed by atoms with van der Waals surface area (Å²) in [6.45, 7) is 2.94. The molecule has 4 bridgehead atoms. The van der Waals surface area contributed by atoms with Gasteiger partial charge >= 0.3 is 6.18 Å². The van der Waals surface area contributed by atoms with Gasteiger partial charge in [-0.05, 0) is 69.8 Å².